The maximum Gasteiger partial charge on any atom is 0.319 e. The molecule has 4 nitrogen and oxygen atoms in total. The van der Waals surface area contributed by atoms with E-state index in [9.17, 15) is 9.59 Å². The van der Waals surface area contributed by atoms with Crippen LogP contribution in [0.2, 0.25) is 0 Å². The van der Waals surface area contributed by atoms with Crippen LogP contribution in [0.25, 0.3) is 0 Å². The van der Waals surface area contributed by atoms with Gasteiger partial charge >= 0.3 is 5.97 Å². The predicted octanol–water partition coefficient (Wildman–Crippen LogP) is 3.16. The molecular formula is C14H21NO3S2. The van der Waals surface area contributed by atoms with Crippen LogP contribution in [0.15, 0.2) is 17.5 Å². The molecule has 0 aromatic carbocycles. The molecule has 1 aromatic rings. The van der Waals surface area contributed by atoms with Gasteiger partial charge in [0.15, 0.2) is 0 Å². The summed E-state index contributed by atoms with van der Waals surface area (Å²) in [6.45, 7) is 7.32. The zero-order valence-electron chi connectivity index (χ0n) is 12.2. The van der Waals surface area contributed by atoms with Gasteiger partial charge in [0.05, 0.1) is 11.8 Å². The maximum absolute atomic E-state index is 12.0. The number of hydrogen-bond acceptors (Lipinski definition) is 4. The number of carbonyl (C=O) groups is 2. The van der Waals surface area contributed by atoms with Gasteiger partial charge in [-0.05, 0) is 31.2 Å². The molecule has 0 saturated heterocycles. The van der Waals surface area contributed by atoms with E-state index >= 15 is 0 Å². The van der Waals surface area contributed by atoms with E-state index < -0.39 is 10.7 Å². The van der Waals surface area contributed by atoms with Crippen molar-refractivity contribution in [1.82, 2.24) is 5.32 Å². The molecule has 0 aliphatic heterocycles. The van der Waals surface area contributed by atoms with Crippen LogP contribution in [-0.4, -0.2) is 27.5 Å². The molecule has 6 heteroatoms. The summed E-state index contributed by atoms with van der Waals surface area (Å²) in [5.41, 5.74) is 0. The number of carbonyl (C=O) groups excluding carboxylic acids is 1. The average molecular weight is 315 g/mol. The van der Waals surface area contributed by atoms with Gasteiger partial charge in [-0.2, -0.15) is 0 Å². The molecule has 2 N–H and O–H groups in total. The molecule has 112 valence electrons. The van der Waals surface area contributed by atoms with Crippen LogP contribution in [0.3, 0.4) is 0 Å². The molecule has 1 heterocycles. The van der Waals surface area contributed by atoms with E-state index in [1.807, 2.05) is 17.5 Å². The van der Waals surface area contributed by atoms with E-state index in [-0.39, 0.29) is 23.6 Å². The van der Waals surface area contributed by atoms with Crippen molar-refractivity contribution in [1.29, 1.82) is 0 Å². The lowest BCUT2D eigenvalue weighted by Crippen LogP contribution is -2.35. The second-order valence-corrected chi connectivity index (χ2v) is 7.99. The molecule has 0 fully saturated rings. The van der Waals surface area contributed by atoms with Gasteiger partial charge in [0, 0.05) is 4.88 Å². The number of thioether (sulfide) groups is 1. The van der Waals surface area contributed by atoms with Gasteiger partial charge in [-0.15, -0.1) is 23.1 Å². The molecule has 1 rings (SSSR count). The van der Waals surface area contributed by atoms with Crippen molar-refractivity contribution in [2.45, 2.75) is 38.5 Å². The highest BCUT2D eigenvalue weighted by atomic mass is 32.2. The molecule has 1 amide bonds. The number of carboxylic acids is 1. The van der Waals surface area contributed by atoms with Crippen molar-refractivity contribution in [3.05, 3.63) is 22.4 Å². The fraction of sp³-hybridized carbons (Fsp3) is 0.571. The summed E-state index contributed by atoms with van der Waals surface area (Å²) >= 11 is 2.75. The van der Waals surface area contributed by atoms with Crippen LogP contribution in [0.1, 0.15) is 38.6 Å². The van der Waals surface area contributed by atoms with E-state index in [1.165, 1.54) is 0 Å². The number of nitrogens with one attached hydrogen (secondary N) is 1. The Bertz CT molecular complexity index is 455. The van der Waals surface area contributed by atoms with Crippen molar-refractivity contribution in [3.63, 3.8) is 0 Å². The van der Waals surface area contributed by atoms with Gasteiger partial charge in [0.1, 0.15) is 4.75 Å². The molecule has 20 heavy (non-hydrogen) atoms. The minimum absolute atomic E-state index is 0.0176. The van der Waals surface area contributed by atoms with Crippen molar-refractivity contribution in [2.75, 3.05) is 5.75 Å². The monoisotopic (exact) mass is 315 g/mol. The first kappa shape index (κ1) is 17.0. The number of aliphatic carboxylic acids is 1. The summed E-state index contributed by atoms with van der Waals surface area (Å²) in [4.78, 5) is 24.1. The molecule has 0 aliphatic carbocycles. The lowest BCUT2D eigenvalue weighted by molar-refractivity contribution is -0.138. The highest BCUT2D eigenvalue weighted by Gasteiger charge is 2.29. The highest BCUT2D eigenvalue weighted by molar-refractivity contribution is 8.01. The summed E-state index contributed by atoms with van der Waals surface area (Å²) in [5.74, 6) is -0.603. The number of carboxylic acid groups (broad SMARTS) is 1. The van der Waals surface area contributed by atoms with Crippen molar-refractivity contribution < 1.29 is 14.7 Å². The zero-order valence-corrected chi connectivity index (χ0v) is 13.8. The number of amides is 1. The lowest BCUT2D eigenvalue weighted by Gasteiger charge is -2.23. The van der Waals surface area contributed by atoms with Crippen molar-refractivity contribution >= 4 is 35.0 Å². The number of hydrogen-bond donors (Lipinski definition) is 2. The second-order valence-electron chi connectivity index (χ2n) is 5.41. The first-order valence-electron chi connectivity index (χ1n) is 6.44. The Hall–Kier alpha value is -1.01. The summed E-state index contributed by atoms with van der Waals surface area (Å²) in [6.07, 6.45) is 0. The highest BCUT2D eigenvalue weighted by Crippen LogP contribution is 2.27. The lowest BCUT2D eigenvalue weighted by atomic mass is 10.0. The Balaban J connectivity index is 2.58. The topological polar surface area (TPSA) is 66.4 Å². The zero-order chi connectivity index (χ0) is 15.3. The third-order valence-corrected chi connectivity index (χ3v) is 5.17. The van der Waals surface area contributed by atoms with E-state index in [1.54, 1.807) is 25.2 Å². The molecule has 0 radical (unpaired) electrons. The first-order valence-corrected chi connectivity index (χ1v) is 8.30. The largest absolute Gasteiger partial charge is 0.480 e. The summed E-state index contributed by atoms with van der Waals surface area (Å²) in [6, 6.07) is 3.95. The molecule has 0 spiro atoms. The standard InChI is InChI=1S/C14H21NO3S2/c1-9(2)12(10-6-5-7-19-10)15-11(16)8-20-14(3,4)13(17)18/h5-7,9,12H,8H2,1-4H3,(H,15,16)(H,17,18). The predicted molar refractivity (Wildman–Crippen MR) is 84.2 cm³/mol. The molecular weight excluding hydrogens is 294 g/mol. The van der Waals surface area contributed by atoms with Gasteiger partial charge in [0.2, 0.25) is 5.91 Å². The van der Waals surface area contributed by atoms with Crippen molar-refractivity contribution in [2.24, 2.45) is 5.92 Å². The Kier molecular flexibility index (Phi) is 6.07. The van der Waals surface area contributed by atoms with Gasteiger partial charge in [-0.25, -0.2) is 0 Å². The number of thiophene rings is 1. The molecule has 1 aromatic heterocycles. The van der Waals surface area contributed by atoms with Gasteiger partial charge in [0.25, 0.3) is 0 Å². The minimum atomic E-state index is -0.951. The average Bonchev–Trinajstić information content (AvgIpc) is 2.86. The van der Waals surface area contributed by atoms with Gasteiger partial charge in [-0.3, -0.25) is 9.59 Å². The fourth-order valence-electron chi connectivity index (χ4n) is 1.56. The SMILES string of the molecule is CC(C)C(NC(=O)CSC(C)(C)C(=O)O)c1cccs1. The van der Waals surface area contributed by atoms with E-state index in [4.69, 9.17) is 5.11 Å². The summed E-state index contributed by atoms with van der Waals surface area (Å²) in [5, 5.41) is 14.0. The smallest absolute Gasteiger partial charge is 0.319 e. The first-order chi connectivity index (χ1) is 9.24. The molecule has 1 atom stereocenters. The minimum Gasteiger partial charge on any atom is -0.480 e. The van der Waals surface area contributed by atoms with Crippen LogP contribution in [0.5, 0.6) is 0 Å². The summed E-state index contributed by atoms with van der Waals surface area (Å²) in [7, 11) is 0. The third-order valence-electron chi connectivity index (χ3n) is 2.91. The maximum atomic E-state index is 12.0. The van der Waals surface area contributed by atoms with Gasteiger partial charge in [-0.1, -0.05) is 19.9 Å². The number of rotatable bonds is 7. The molecule has 1 unspecified atom stereocenters. The Morgan fingerprint density at radius 1 is 1.45 bits per heavy atom. The Labute approximate surface area is 128 Å². The molecule has 0 aliphatic rings. The Morgan fingerprint density at radius 3 is 2.55 bits per heavy atom. The van der Waals surface area contributed by atoms with E-state index in [2.05, 4.69) is 19.2 Å². The third kappa shape index (κ3) is 4.83. The van der Waals surface area contributed by atoms with Crippen LogP contribution in [0, 0.1) is 5.92 Å². The van der Waals surface area contributed by atoms with Crippen LogP contribution >= 0.6 is 23.1 Å². The van der Waals surface area contributed by atoms with Gasteiger partial charge < -0.3 is 10.4 Å². The fourth-order valence-corrected chi connectivity index (χ4v) is 3.21. The van der Waals surface area contributed by atoms with Crippen LogP contribution in [-0.2, 0) is 9.59 Å². The van der Waals surface area contributed by atoms with Crippen LogP contribution in [0.4, 0.5) is 0 Å². The summed E-state index contributed by atoms with van der Waals surface area (Å²) < 4.78 is -0.951. The molecule has 0 bridgehead atoms. The van der Waals surface area contributed by atoms with Crippen LogP contribution < -0.4 is 5.32 Å². The normalized spacial score (nSPS) is 13.2. The van der Waals surface area contributed by atoms with E-state index in [0.717, 1.165) is 16.6 Å². The second kappa shape index (κ2) is 7.13. The Morgan fingerprint density at radius 2 is 2.10 bits per heavy atom. The molecule has 0 saturated carbocycles. The van der Waals surface area contributed by atoms with E-state index in [0.29, 0.717) is 0 Å². The quantitative estimate of drug-likeness (QED) is 0.811. The van der Waals surface area contributed by atoms with Crippen molar-refractivity contribution in [3.8, 4) is 0 Å².